The van der Waals surface area contributed by atoms with Gasteiger partial charge in [0.05, 0.1) is 6.20 Å². The Labute approximate surface area is 89.5 Å². The lowest BCUT2D eigenvalue weighted by molar-refractivity contribution is 0.360. The fourth-order valence-electron chi connectivity index (χ4n) is 1.30. The molecule has 15 heavy (non-hydrogen) atoms. The summed E-state index contributed by atoms with van der Waals surface area (Å²) in [6.45, 7) is 4.22. The van der Waals surface area contributed by atoms with Gasteiger partial charge in [-0.2, -0.15) is 9.40 Å². The molecule has 0 aliphatic carbocycles. The van der Waals surface area contributed by atoms with Crippen LogP contribution in [0.4, 0.5) is 0 Å². The minimum atomic E-state index is -3.48. The van der Waals surface area contributed by atoms with Crippen molar-refractivity contribution in [1.29, 1.82) is 0 Å². The van der Waals surface area contributed by atoms with Crippen LogP contribution < -0.4 is 5.73 Å². The zero-order valence-electron chi connectivity index (χ0n) is 8.84. The van der Waals surface area contributed by atoms with E-state index in [2.05, 4.69) is 10.2 Å². The van der Waals surface area contributed by atoms with Gasteiger partial charge in [-0.25, -0.2) is 8.42 Å². The highest BCUT2D eigenvalue weighted by Gasteiger charge is 2.27. The average molecular weight is 232 g/mol. The highest BCUT2D eigenvalue weighted by molar-refractivity contribution is 7.89. The predicted octanol–water partition coefficient (Wildman–Crippen LogP) is -0.233. The van der Waals surface area contributed by atoms with E-state index in [-0.39, 0.29) is 11.1 Å². The minimum absolute atomic E-state index is 0.102. The maximum Gasteiger partial charge on any atom is 0.260 e. The molecule has 0 fully saturated rings. The Morgan fingerprint density at radius 3 is 2.67 bits per heavy atom. The number of hydrogen-bond donors (Lipinski definition) is 2. The lowest BCUT2D eigenvalue weighted by Gasteiger charge is -2.24. The quantitative estimate of drug-likeness (QED) is 0.733. The van der Waals surface area contributed by atoms with Crippen molar-refractivity contribution in [3.63, 3.8) is 0 Å². The molecule has 0 amide bonds. The lowest BCUT2D eigenvalue weighted by Crippen LogP contribution is -2.40. The molecule has 1 aromatic heterocycles. The molecular weight excluding hydrogens is 216 g/mol. The molecule has 0 atom stereocenters. The summed E-state index contributed by atoms with van der Waals surface area (Å²) in [7, 11) is -3.48. The summed E-state index contributed by atoms with van der Waals surface area (Å²) >= 11 is 0. The molecule has 0 bridgehead atoms. The van der Waals surface area contributed by atoms with Gasteiger partial charge in [0.1, 0.15) is 0 Å². The monoisotopic (exact) mass is 232 g/mol. The van der Waals surface area contributed by atoms with Crippen molar-refractivity contribution in [3.05, 3.63) is 12.3 Å². The fourth-order valence-corrected chi connectivity index (χ4v) is 2.85. The molecule has 3 N–H and O–H groups in total. The summed E-state index contributed by atoms with van der Waals surface area (Å²) in [5.41, 5.74) is 5.39. The Balaban J connectivity index is 3.02. The first-order valence-corrected chi connectivity index (χ1v) is 6.15. The maximum absolute atomic E-state index is 12.0. The van der Waals surface area contributed by atoms with Gasteiger partial charge >= 0.3 is 0 Å². The van der Waals surface area contributed by atoms with Gasteiger partial charge < -0.3 is 5.73 Å². The van der Waals surface area contributed by atoms with Crippen LogP contribution in [-0.2, 0) is 10.0 Å². The zero-order chi connectivity index (χ0) is 11.5. The van der Waals surface area contributed by atoms with E-state index < -0.39 is 10.0 Å². The third-order valence-electron chi connectivity index (χ3n) is 1.99. The number of hydrogen-bond acceptors (Lipinski definition) is 4. The smallest absolute Gasteiger partial charge is 0.260 e. The number of rotatable bonds is 5. The second-order valence-corrected chi connectivity index (χ2v) is 5.28. The van der Waals surface area contributed by atoms with Gasteiger partial charge in [0, 0.05) is 19.1 Å². The van der Waals surface area contributed by atoms with Crippen LogP contribution in [0.25, 0.3) is 0 Å². The third-order valence-corrected chi connectivity index (χ3v) is 3.99. The standard InChI is InChI=1S/C8H16N4O2S/c1-7(2)12(6-4-9)15(13,14)8-3-5-10-11-8/h3,5,7H,4,6,9H2,1-2H3,(H,10,11). The topological polar surface area (TPSA) is 92.1 Å². The average Bonchev–Trinajstić information content (AvgIpc) is 2.66. The Morgan fingerprint density at radius 1 is 1.60 bits per heavy atom. The van der Waals surface area contributed by atoms with Crippen LogP contribution >= 0.6 is 0 Å². The molecule has 0 spiro atoms. The van der Waals surface area contributed by atoms with E-state index in [1.807, 2.05) is 13.8 Å². The van der Waals surface area contributed by atoms with Gasteiger partial charge in [0.15, 0.2) is 5.03 Å². The SMILES string of the molecule is CC(C)N(CCN)S(=O)(=O)c1ccn[nH]1. The van der Waals surface area contributed by atoms with Crippen molar-refractivity contribution < 1.29 is 8.42 Å². The molecule has 86 valence electrons. The van der Waals surface area contributed by atoms with Crippen LogP contribution in [0.3, 0.4) is 0 Å². The number of aromatic nitrogens is 2. The second-order valence-electron chi connectivity index (χ2n) is 3.42. The highest BCUT2D eigenvalue weighted by Crippen LogP contribution is 2.14. The molecule has 1 heterocycles. The fraction of sp³-hybridized carbons (Fsp3) is 0.625. The summed E-state index contributed by atoms with van der Waals surface area (Å²) in [6, 6.07) is 1.31. The first kappa shape index (κ1) is 12.2. The number of aromatic amines is 1. The molecule has 0 radical (unpaired) electrons. The second kappa shape index (κ2) is 4.73. The summed E-state index contributed by atoms with van der Waals surface area (Å²) in [4.78, 5) is 0. The van der Waals surface area contributed by atoms with Crippen molar-refractivity contribution in [2.24, 2.45) is 5.73 Å². The maximum atomic E-state index is 12.0. The predicted molar refractivity (Wildman–Crippen MR) is 56.7 cm³/mol. The van der Waals surface area contributed by atoms with E-state index >= 15 is 0 Å². The van der Waals surface area contributed by atoms with Crippen molar-refractivity contribution in [1.82, 2.24) is 14.5 Å². The molecule has 7 heteroatoms. The molecule has 0 unspecified atom stereocenters. The van der Waals surface area contributed by atoms with Gasteiger partial charge in [-0.1, -0.05) is 0 Å². The van der Waals surface area contributed by atoms with Crippen LogP contribution in [0.5, 0.6) is 0 Å². The summed E-state index contributed by atoms with van der Waals surface area (Å²) < 4.78 is 25.4. The van der Waals surface area contributed by atoms with Crippen LogP contribution in [0.2, 0.25) is 0 Å². The van der Waals surface area contributed by atoms with E-state index in [0.29, 0.717) is 13.1 Å². The number of H-pyrrole nitrogens is 1. The summed E-state index contributed by atoms with van der Waals surface area (Å²) in [6.07, 6.45) is 1.41. The van der Waals surface area contributed by atoms with E-state index in [1.54, 1.807) is 0 Å². The van der Waals surface area contributed by atoms with Crippen LogP contribution in [-0.4, -0.2) is 42.1 Å². The first-order chi connectivity index (χ1) is 7.00. The van der Waals surface area contributed by atoms with Gasteiger partial charge in [-0.3, -0.25) is 5.10 Å². The molecule has 6 nitrogen and oxygen atoms in total. The number of nitrogens with zero attached hydrogens (tertiary/aromatic N) is 2. The summed E-state index contributed by atoms with van der Waals surface area (Å²) in [5.74, 6) is 0. The van der Waals surface area contributed by atoms with Crippen LogP contribution in [0, 0.1) is 0 Å². The summed E-state index contributed by atoms with van der Waals surface area (Å²) in [5, 5.41) is 6.18. The van der Waals surface area contributed by atoms with Gasteiger partial charge in [0.25, 0.3) is 10.0 Å². The molecular formula is C8H16N4O2S. The van der Waals surface area contributed by atoms with Crippen molar-refractivity contribution >= 4 is 10.0 Å². The molecule has 1 aromatic rings. The Bertz CT molecular complexity index is 385. The van der Waals surface area contributed by atoms with Gasteiger partial charge in [-0.15, -0.1) is 0 Å². The molecule has 0 aliphatic rings. The van der Waals surface area contributed by atoms with E-state index in [9.17, 15) is 8.42 Å². The van der Waals surface area contributed by atoms with Crippen molar-refractivity contribution in [2.45, 2.75) is 24.9 Å². The largest absolute Gasteiger partial charge is 0.329 e. The molecule has 1 rings (SSSR count). The number of sulfonamides is 1. The van der Waals surface area contributed by atoms with Gasteiger partial charge in [-0.05, 0) is 19.9 Å². The Kier molecular flexibility index (Phi) is 3.83. The number of nitrogens with two attached hydrogens (primary N) is 1. The van der Waals surface area contributed by atoms with Crippen LogP contribution in [0.15, 0.2) is 17.3 Å². The van der Waals surface area contributed by atoms with Gasteiger partial charge in [0.2, 0.25) is 0 Å². The molecule has 0 saturated heterocycles. The number of nitrogens with one attached hydrogen (secondary N) is 1. The van der Waals surface area contributed by atoms with Crippen molar-refractivity contribution in [3.8, 4) is 0 Å². The van der Waals surface area contributed by atoms with Crippen molar-refractivity contribution in [2.75, 3.05) is 13.1 Å². The molecule has 0 saturated carbocycles. The Hall–Kier alpha value is -0.920. The highest BCUT2D eigenvalue weighted by atomic mass is 32.2. The molecule has 0 aromatic carbocycles. The van der Waals surface area contributed by atoms with E-state index in [4.69, 9.17) is 5.73 Å². The van der Waals surface area contributed by atoms with E-state index in [0.717, 1.165) is 0 Å². The van der Waals surface area contributed by atoms with E-state index in [1.165, 1.54) is 16.6 Å². The molecule has 0 aliphatic heterocycles. The third kappa shape index (κ3) is 2.55. The Morgan fingerprint density at radius 2 is 2.27 bits per heavy atom. The minimum Gasteiger partial charge on any atom is -0.329 e. The lowest BCUT2D eigenvalue weighted by atomic mass is 10.4. The van der Waals surface area contributed by atoms with Crippen LogP contribution in [0.1, 0.15) is 13.8 Å². The first-order valence-electron chi connectivity index (χ1n) is 4.71. The normalized spacial score (nSPS) is 12.6. The zero-order valence-corrected chi connectivity index (χ0v) is 9.66.